The second kappa shape index (κ2) is 7.84. The van der Waals surface area contributed by atoms with E-state index in [4.69, 9.17) is 9.15 Å². The van der Waals surface area contributed by atoms with E-state index in [2.05, 4.69) is 26.1 Å². The third-order valence-electron chi connectivity index (χ3n) is 3.52. The van der Waals surface area contributed by atoms with Crippen LogP contribution in [0.5, 0.6) is 5.75 Å². The van der Waals surface area contributed by atoms with E-state index in [0.29, 0.717) is 22.4 Å². The number of hydrogen-bond donors (Lipinski definition) is 0. The Morgan fingerprint density at radius 2 is 1.88 bits per heavy atom. The molecule has 0 fully saturated rings. The van der Waals surface area contributed by atoms with Crippen LogP contribution in [0.15, 0.2) is 62.6 Å². The van der Waals surface area contributed by atoms with Gasteiger partial charge in [0.25, 0.3) is 11.1 Å². The van der Waals surface area contributed by atoms with E-state index in [9.17, 15) is 4.79 Å². The first kappa shape index (κ1) is 17.7. The first-order chi connectivity index (χ1) is 12.1. The molecule has 25 heavy (non-hydrogen) atoms. The van der Waals surface area contributed by atoms with E-state index in [1.807, 2.05) is 43.3 Å². The first-order valence-corrected chi connectivity index (χ1v) is 9.19. The number of halogens is 1. The summed E-state index contributed by atoms with van der Waals surface area (Å²) < 4.78 is 11.9. The molecule has 7 heteroatoms. The molecule has 128 valence electrons. The summed E-state index contributed by atoms with van der Waals surface area (Å²) >= 11 is 4.60. The number of benzene rings is 2. The molecular formula is C18H15BrN2O3S. The zero-order valence-corrected chi connectivity index (χ0v) is 16.0. The van der Waals surface area contributed by atoms with Crippen LogP contribution in [0, 0.1) is 0 Å². The predicted molar refractivity (Wildman–Crippen MR) is 100 cm³/mol. The number of nitrogens with zero attached hydrogens (tertiary/aromatic N) is 2. The largest absolute Gasteiger partial charge is 0.496 e. The zero-order chi connectivity index (χ0) is 17.8. The lowest BCUT2D eigenvalue weighted by Gasteiger charge is -2.07. The summed E-state index contributed by atoms with van der Waals surface area (Å²) in [7, 11) is 1.59. The van der Waals surface area contributed by atoms with Crippen molar-refractivity contribution in [2.75, 3.05) is 7.11 Å². The van der Waals surface area contributed by atoms with Gasteiger partial charge in [0.2, 0.25) is 0 Å². The van der Waals surface area contributed by atoms with Gasteiger partial charge < -0.3 is 9.15 Å². The number of ketones is 1. The van der Waals surface area contributed by atoms with Crippen molar-refractivity contribution in [3.63, 3.8) is 0 Å². The molecule has 3 rings (SSSR count). The molecule has 0 saturated carbocycles. The number of carbonyl (C=O) groups excluding carboxylic acids is 1. The first-order valence-electron chi connectivity index (χ1n) is 7.52. The Morgan fingerprint density at radius 3 is 2.60 bits per heavy atom. The van der Waals surface area contributed by atoms with E-state index < -0.39 is 0 Å². The van der Waals surface area contributed by atoms with Gasteiger partial charge in [-0.3, -0.25) is 4.79 Å². The predicted octanol–water partition coefficient (Wildman–Crippen LogP) is 4.87. The number of rotatable bonds is 6. The molecule has 3 aromatic rings. The van der Waals surface area contributed by atoms with Crippen molar-refractivity contribution in [1.82, 2.24) is 10.2 Å². The lowest BCUT2D eigenvalue weighted by molar-refractivity contribution is 0.0993. The average molecular weight is 419 g/mol. The van der Waals surface area contributed by atoms with Crippen LogP contribution < -0.4 is 4.74 Å². The van der Waals surface area contributed by atoms with Crippen LogP contribution >= 0.6 is 27.7 Å². The van der Waals surface area contributed by atoms with Gasteiger partial charge in [-0.1, -0.05) is 52.0 Å². The van der Waals surface area contributed by atoms with E-state index in [1.54, 1.807) is 19.2 Å². The number of methoxy groups -OCH3 is 1. The van der Waals surface area contributed by atoms with E-state index in [-0.39, 0.29) is 11.0 Å². The normalized spacial score (nSPS) is 12.0. The number of para-hydroxylation sites is 1. The Balaban J connectivity index is 1.74. The average Bonchev–Trinajstić information content (AvgIpc) is 3.10. The van der Waals surface area contributed by atoms with Gasteiger partial charge >= 0.3 is 0 Å². The van der Waals surface area contributed by atoms with Crippen LogP contribution in [0.3, 0.4) is 0 Å². The van der Waals surface area contributed by atoms with Gasteiger partial charge in [0.15, 0.2) is 5.78 Å². The molecule has 1 heterocycles. The van der Waals surface area contributed by atoms with Gasteiger partial charge in [-0.2, -0.15) is 0 Å². The highest BCUT2D eigenvalue weighted by Crippen LogP contribution is 2.32. The van der Waals surface area contributed by atoms with Crippen molar-refractivity contribution >= 4 is 33.5 Å². The minimum atomic E-state index is -0.341. The number of Topliss-reactive ketones (excluding diaryl/α,β-unsaturated/α-hetero) is 1. The van der Waals surface area contributed by atoms with Crippen LogP contribution in [-0.4, -0.2) is 28.3 Å². The fraction of sp³-hybridized carbons (Fsp3) is 0.167. The maximum atomic E-state index is 12.5. The third-order valence-corrected chi connectivity index (χ3v) is 4.98. The molecule has 0 aliphatic rings. The molecule has 0 spiro atoms. The van der Waals surface area contributed by atoms with Crippen molar-refractivity contribution in [2.45, 2.75) is 17.4 Å². The molecule has 0 aliphatic heterocycles. The lowest BCUT2D eigenvalue weighted by atomic mass is 10.1. The van der Waals surface area contributed by atoms with E-state index in [0.717, 1.165) is 10.0 Å². The molecule has 0 bridgehead atoms. The fourth-order valence-corrected chi connectivity index (χ4v) is 3.27. The monoisotopic (exact) mass is 418 g/mol. The van der Waals surface area contributed by atoms with Gasteiger partial charge in [-0.15, -0.1) is 10.2 Å². The summed E-state index contributed by atoms with van der Waals surface area (Å²) in [5.74, 6) is 1.03. The van der Waals surface area contributed by atoms with Crippen molar-refractivity contribution in [1.29, 1.82) is 0 Å². The van der Waals surface area contributed by atoms with Gasteiger partial charge in [-0.25, -0.2) is 0 Å². The molecule has 0 amide bonds. The van der Waals surface area contributed by atoms with Crippen LogP contribution in [0.25, 0.3) is 11.5 Å². The topological polar surface area (TPSA) is 65.2 Å². The van der Waals surface area contributed by atoms with Crippen molar-refractivity contribution in [2.24, 2.45) is 0 Å². The summed E-state index contributed by atoms with van der Waals surface area (Å²) in [6.07, 6.45) is 0. The molecule has 1 aromatic heterocycles. The molecular weight excluding hydrogens is 404 g/mol. The maximum absolute atomic E-state index is 12.5. The number of aromatic nitrogens is 2. The van der Waals surface area contributed by atoms with Crippen LogP contribution in [0.4, 0.5) is 0 Å². The smallest absolute Gasteiger partial charge is 0.277 e. The molecule has 0 radical (unpaired) electrons. The summed E-state index contributed by atoms with van der Waals surface area (Å²) in [5.41, 5.74) is 1.36. The summed E-state index contributed by atoms with van der Waals surface area (Å²) in [6, 6.07) is 14.7. The number of thioether (sulfide) groups is 1. The lowest BCUT2D eigenvalue weighted by Crippen LogP contribution is -2.13. The highest BCUT2D eigenvalue weighted by molar-refractivity contribution is 9.10. The molecule has 1 unspecified atom stereocenters. The molecule has 5 nitrogen and oxygen atoms in total. The SMILES string of the molecule is COc1ccccc1-c1nnc(SC(C)C(=O)c2ccc(Br)cc2)o1. The quantitative estimate of drug-likeness (QED) is 0.420. The Hall–Kier alpha value is -2.12. The van der Waals surface area contributed by atoms with Gasteiger partial charge in [0, 0.05) is 10.0 Å². The highest BCUT2D eigenvalue weighted by Gasteiger charge is 2.20. The standard InChI is InChI=1S/C18H15BrN2O3S/c1-11(16(22)12-7-9-13(19)10-8-12)25-18-21-20-17(24-18)14-5-3-4-6-15(14)23-2/h3-11H,1-2H3. The maximum Gasteiger partial charge on any atom is 0.277 e. The molecule has 0 N–H and O–H groups in total. The molecule has 1 atom stereocenters. The van der Waals surface area contributed by atoms with Gasteiger partial charge in [-0.05, 0) is 31.2 Å². The summed E-state index contributed by atoms with van der Waals surface area (Å²) in [6.45, 7) is 1.82. The second-order valence-corrected chi connectivity index (χ2v) is 7.41. The fourth-order valence-electron chi connectivity index (χ4n) is 2.24. The summed E-state index contributed by atoms with van der Waals surface area (Å²) in [5, 5.41) is 8.09. The second-order valence-electron chi connectivity index (χ2n) is 5.20. The van der Waals surface area contributed by atoms with Gasteiger partial charge in [0.1, 0.15) is 5.75 Å². The number of hydrogen-bond acceptors (Lipinski definition) is 6. The summed E-state index contributed by atoms with van der Waals surface area (Å²) in [4.78, 5) is 12.5. The van der Waals surface area contributed by atoms with Crippen LogP contribution in [-0.2, 0) is 0 Å². The Bertz CT molecular complexity index is 880. The Morgan fingerprint density at radius 1 is 1.16 bits per heavy atom. The Labute approximate surface area is 157 Å². The number of carbonyl (C=O) groups is 1. The molecule has 0 aliphatic carbocycles. The molecule has 2 aromatic carbocycles. The highest BCUT2D eigenvalue weighted by atomic mass is 79.9. The van der Waals surface area contributed by atoms with Crippen molar-refractivity contribution < 1.29 is 13.9 Å². The van der Waals surface area contributed by atoms with Gasteiger partial charge in [0.05, 0.1) is 17.9 Å². The minimum absolute atomic E-state index is 0.00883. The van der Waals surface area contributed by atoms with E-state index in [1.165, 1.54) is 11.8 Å². The van der Waals surface area contributed by atoms with E-state index >= 15 is 0 Å². The minimum Gasteiger partial charge on any atom is -0.496 e. The number of ether oxygens (including phenoxy) is 1. The van der Waals surface area contributed by atoms with Crippen molar-refractivity contribution in [3.05, 3.63) is 58.6 Å². The third kappa shape index (κ3) is 4.11. The zero-order valence-electron chi connectivity index (χ0n) is 13.6. The molecule has 0 saturated heterocycles. The van der Waals surface area contributed by atoms with Crippen molar-refractivity contribution in [3.8, 4) is 17.2 Å². The van der Waals surface area contributed by atoms with Crippen LogP contribution in [0.1, 0.15) is 17.3 Å². The Kier molecular flexibility index (Phi) is 5.55. The van der Waals surface area contributed by atoms with Crippen LogP contribution in [0.2, 0.25) is 0 Å².